The Balaban J connectivity index is 2.63. The van der Waals surface area contributed by atoms with Crippen molar-refractivity contribution in [2.75, 3.05) is 34.5 Å². The number of carbonyl (C=O) groups is 1. The topological polar surface area (TPSA) is 63.2 Å². The highest BCUT2D eigenvalue weighted by atomic mass is 16.6. The molecule has 0 aromatic heterocycles. The van der Waals surface area contributed by atoms with Gasteiger partial charge in [0.25, 0.3) is 0 Å². The van der Waals surface area contributed by atoms with E-state index >= 15 is 0 Å². The zero-order chi connectivity index (χ0) is 12.8. The van der Waals surface area contributed by atoms with Gasteiger partial charge in [0.1, 0.15) is 31.0 Å². The van der Waals surface area contributed by atoms with Crippen LogP contribution < -0.4 is 0 Å². The van der Waals surface area contributed by atoms with Gasteiger partial charge < -0.3 is 23.7 Å². The van der Waals surface area contributed by atoms with Gasteiger partial charge in [-0.3, -0.25) is 4.79 Å². The van der Waals surface area contributed by atoms with Gasteiger partial charge in [-0.2, -0.15) is 0 Å². The number of ether oxygens (including phenoxy) is 5. The van der Waals surface area contributed by atoms with Gasteiger partial charge in [0.2, 0.25) is 0 Å². The lowest BCUT2D eigenvalue weighted by molar-refractivity contribution is -0.221. The molecule has 0 aliphatic carbocycles. The van der Waals surface area contributed by atoms with E-state index < -0.39 is 0 Å². The summed E-state index contributed by atoms with van der Waals surface area (Å²) in [5.74, 6) is -0.341. The Kier molecular flexibility index (Phi) is 5.84. The number of esters is 1. The normalized spacial score (nSPS) is 33.4. The molecule has 1 heterocycles. The van der Waals surface area contributed by atoms with E-state index in [9.17, 15) is 4.79 Å². The highest BCUT2D eigenvalue weighted by molar-refractivity contribution is 5.65. The molecule has 0 bridgehead atoms. The van der Waals surface area contributed by atoms with Crippen molar-refractivity contribution in [2.24, 2.45) is 0 Å². The predicted molar refractivity (Wildman–Crippen MR) is 58.8 cm³/mol. The quantitative estimate of drug-likeness (QED) is 0.638. The maximum Gasteiger partial charge on any atom is 0.302 e. The van der Waals surface area contributed by atoms with Crippen molar-refractivity contribution in [2.45, 2.75) is 31.3 Å². The van der Waals surface area contributed by atoms with Crippen molar-refractivity contribution in [1.82, 2.24) is 0 Å². The Bertz CT molecular complexity index is 244. The Labute approximate surface area is 101 Å². The molecule has 6 nitrogen and oxygen atoms in total. The van der Waals surface area contributed by atoms with Crippen LogP contribution in [0.3, 0.4) is 0 Å². The Morgan fingerprint density at radius 2 is 1.82 bits per heavy atom. The third kappa shape index (κ3) is 3.64. The lowest BCUT2D eigenvalue weighted by atomic mass is 10.00. The summed E-state index contributed by atoms with van der Waals surface area (Å²) in [6, 6.07) is 0. The van der Waals surface area contributed by atoms with Crippen LogP contribution in [0.25, 0.3) is 0 Å². The van der Waals surface area contributed by atoms with Crippen LogP contribution in [-0.2, 0) is 28.5 Å². The first-order valence-electron chi connectivity index (χ1n) is 5.47. The highest BCUT2D eigenvalue weighted by Gasteiger charge is 2.41. The zero-order valence-electron chi connectivity index (χ0n) is 10.7. The first-order valence-corrected chi connectivity index (χ1v) is 5.47. The van der Waals surface area contributed by atoms with Gasteiger partial charge in [-0.15, -0.1) is 0 Å². The fourth-order valence-electron chi connectivity index (χ4n) is 1.95. The van der Waals surface area contributed by atoms with Gasteiger partial charge >= 0.3 is 5.97 Å². The molecular formula is C11H20O6. The van der Waals surface area contributed by atoms with Crippen molar-refractivity contribution < 1.29 is 28.5 Å². The molecule has 0 aromatic rings. The third-order valence-electron chi connectivity index (χ3n) is 2.83. The number of methoxy groups -OCH3 is 3. The molecule has 1 saturated heterocycles. The van der Waals surface area contributed by atoms with Crippen LogP contribution in [0.4, 0.5) is 0 Å². The van der Waals surface area contributed by atoms with E-state index in [1.54, 1.807) is 21.3 Å². The van der Waals surface area contributed by atoms with E-state index in [-0.39, 0.29) is 37.0 Å². The molecule has 0 aromatic carbocycles. The SMILES string of the molecule is CO[C@@H]1[C@H](OC)[C@@H](COC(C)=O)OC[C@@H]1OC. The Morgan fingerprint density at radius 3 is 2.29 bits per heavy atom. The minimum atomic E-state index is -0.341. The fraction of sp³-hybridized carbons (Fsp3) is 0.909. The van der Waals surface area contributed by atoms with Crippen molar-refractivity contribution in [3.05, 3.63) is 0 Å². The van der Waals surface area contributed by atoms with Gasteiger partial charge in [0.15, 0.2) is 0 Å². The molecule has 1 rings (SSSR count). The first kappa shape index (κ1) is 14.4. The Hall–Kier alpha value is -0.690. The van der Waals surface area contributed by atoms with E-state index in [1.807, 2.05) is 0 Å². The van der Waals surface area contributed by atoms with Crippen molar-refractivity contribution in [1.29, 1.82) is 0 Å². The van der Waals surface area contributed by atoms with Crippen molar-refractivity contribution in [3.8, 4) is 0 Å². The van der Waals surface area contributed by atoms with Gasteiger partial charge in [-0.25, -0.2) is 0 Å². The lowest BCUT2D eigenvalue weighted by Crippen LogP contribution is -2.56. The minimum Gasteiger partial charge on any atom is -0.463 e. The largest absolute Gasteiger partial charge is 0.463 e. The smallest absolute Gasteiger partial charge is 0.302 e. The molecule has 4 atom stereocenters. The van der Waals surface area contributed by atoms with Crippen LogP contribution in [0.2, 0.25) is 0 Å². The van der Waals surface area contributed by atoms with E-state index in [4.69, 9.17) is 23.7 Å². The predicted octanol–water partition coefficient (Wildman–Crippen LogP) is -0.00670. The second-order valence-corrected chi connectivity index (χ2v) is 3.85. The summed E-state index contributed by atoms with van der Waals surface area (Å²) in [5, 5.41) is 0. The summed E-state index contributed by atoms with van der Waals surface area (Å²) in [6.45, 7) is 1.90. The van der Waals surface area contributed by atoms with Crippen LogP contribution in [0.5, 0.6) is 0 Å². The Morgan fingerprint density at radius 1 is 1.18 bits per heavy atom. The molecule has 6 heteroatoms. The maximum absolute atomic E-state index is 10.8. The molecule has 17 heavy (non-hydrogen) atoms. The highest BCUT2D eigenvalue weighted by Crippen LogP contribution is 2.22. The van der Waals surface area contributed by atoms with Crippen LogP contribution >= 0.6 is 0 Å². The molecule has 1 fully saturated rings. The number of hydrogen-bond acceptors (Lipinski definition) is 6. The monoisotopic (exact) mass is 248 g/mol. The van der Waals surface area contributed by atoms with E-state index in [0.717, 1.165) is 0 Å². The third-order valence-corrected chi connectivity index (χ3v) is 2.83. The second kappa shape index (κ2) is 6.90. The molecule has 1 aliphatic heterocycles. The van der Waals surface area contributed by atoms with E-state index in [0.29, 0.717) is 6.61 Å². The van der Waals surface area contributed by atoms with Crippen molar-refractivity contribution in [3.63, 3.8) is 0 Å². The van der Waals surface area contributed by atoms with Gasteiger partial charge in [-0.05, 0) is 0 Å². The molecule has 0 radical (unpaired) electrons. The lowest BCUT2D eigenvalue weighted by Gasteiger charge is -2.40. The summed E-state index contributed by atoms with van der Waals surface area (Å²) < 4.78 is 26.5. The summed E-state index contributed by atoms with van der Waals surface area (Å²) >= 11 is 0. The van der Waals surface area contributed by atoms with Crippen LogP contribution in [0.1, 0.15) is 6.92 Å². The summed E-state index contributed by atoms with van der Waals surface area (Å²) in [7, 11) is 4.76. The zero-order valence-corrected chi connectivity index (χ0v) is 10.7. The van der Waals surface area contributed by atoms with Crippen LogP contribution in [0, 0.1) is 0 Å². The molecule has 0 saturated carbocycles. The molecule has 0 spiro atoms. The second-order valence-electron chi connectivity index (χ2n) is 3.85. The number of hydrogen-bond donors (Lipinski definition) is 0. The van der Waals surface area contributed by atoms with E-state index in [2.05, 4.69) is 0 Å². The molecule has 0 unspecified atom stereocenters. The van der Waals surface area contributed by atoms with E-state index in [1.165, 1.54) is 6.92 Å². The maximum atomic E-state index is 10.8. The summed E-state index contributed by atoms with van der Waals surface area (Å²) in [6.07, 6.45) is -1.07. The molecule has 100 valence electrons. The minimum absolute atomic E-state index is 0.157. The number of rotatable bonds is 5. The molecule has 0 N–H and O–H groups in total. The fourth-order valence-corrected chi connectivity index (χ4v) is 1.95. The summed E-state index contributed by atoms with van der Waals surface area (Å²) in [5.41, 5.74) is 0. The van der Waals surface area contributed by atoms with Gasteiger partial charge in [0.05, 0.1) is 6.61 Å². The van der Waals surface area contributed by atoms with Gasteiger partial charge in [0, 0.05) is 28.3 Å². The molecule has 0 amide bonds. The number of carbonyl (C=O) groups excluding carboxylic acids is 1. The molecule has 1 aliphatic rings. The van der Waals surface area contributed by atoms with Crippen molar-refractivity contribution >= 4 is 5.97 Å². The first-order chi connectivity index (χ1) is 8.13. The standard InChI is InChI=1S/C11H20O6/c1-7(12)16-6-9-11(15-4)10(14-3)8(13-2)5-17-9/h8-11H,5-6H2,1-4H3/t8-,9+,10-,11+/m0/s1. The average molecular weight is 248 g/mol. The average Bonchev–Trinajstić information content (AvgIpc) is 2.34. The molecular weight excluding hydrogens is 228 g/mol. The van der Waals surface area contributed by atoms with Gasteiger partial charge in [-0.1, -0.05) is 0 Å². The summed E-state index contributed by atoms with van der Waals surface area (Å²) in [4.78, 5) is 10.8. The van der Waals surface area contributed by atoms with Crippen LogP contribution in [0.15, 0.2) is 0 Å². The van der Waals surface area contributed by atoms with Crippen LogP contribution in [-0.4, -0.2) is 64.9 Å².